The Balaban J connectivity index is 2.09. The van der Waals surface area contributed by atoms with Gasteiger partial charge < -0.3 is 15.1 Å². The van der Waals surface area contributed by atoms with Gasteiger partial charge in [-0.1, -0.05) is 39.0 Å². The first kappa shape index (κ1) is 20.6. The lowest BCUT2D eigenvalue weighted by atomic mass is 9.77. The lowest BCUT2D eigenvalue weighted by Crippen LogP contribution is -2.51. The summed E-state index contributed by atoms with van der Waals surface area (Å²) in [5.41, 5.74) is -0.562. The van der Waals surface area contributed by atoms with Crippen LogP contribution in [0.2, 0.25) is 0 Å². The van der Waals surface area contributed by atoms with Crippen LogP contribution in [-0.2, 0) is 6.54 Å². The van der Waals surface area contributed by atoms with E-state index in [1.54, 1.807) is 17.1 Å². The molecule has 1 aromatic heterocycles. The van der Waals surface area contributed by atoms with E-state index in [1.165, 1.54) is 12.5 Å². The van der Waals surface area contributed by atoms with Crippen LogP contribution in [-0.4, -0.2) is 43.5 Å². The maximum Gasteiger partial charge on any atom is 0.137 e. The van der Waals surface area contributed by atoms with Gasteiger partial charge in [0.1, 0.15) is 30.6 Å². The van der Waals surface area contributed by atoms with E-state index < -0.39 is 11.0 Å². The smallest absolute Gasteiger partial charge is 0.137 e. The lowest BCUT2D eigenvalue weighted by molar-refractivity contribution is -0.101. The fourth-order valence-corrected chi connectivity index (χ4v) is 2.64. The highest BCUT2D eigenvalue weighted by molar-refractivity contribution is 5.67. The van der Waals surface area contributed by atoms with E-state index in [0.717, 1.165) is 5.56 Å². The van der Waals surface area contributed by atoms with Gasteiger partial charge in [-0.05, 0) is 29.5 Å². The molecule has 2 rings (SSSR count). The molecule has 0 amide bonds. The zero-order valence-electron chi connectivity index (χ0n) is 16.1. The van der Waals surface area contributed by atoms with Crippen LogP contribution >= 0.6 is 0 Å². The minimum atomic E-state index is -1.13. The molecule has 0 aliphatic carbocycles. The molecule has 2 atom stereocenters. The third kappa shape index (κ3) is 5.40. The zero-order valence-corrected chi connectivity index (χ0v) is 16.1. The Hall–Kier alpha value is -2.67. The van der Waals surface area contributed by atoms with Gasteiger partial charge in [-0.2, -0.15) is 5.10 Å². The fraction of sp³-hybridized carbons (Fsp3) is 0.450. The molecule has 0 aliphatic heterocycles. The number of aliphatic hydroxyl groups is 1. The predicted octanol–water partition coefficient (Wildman–Crippen LogP) is 3.25. The second-order valence-corrected chi connectivity index (χ2v) is 7.63. The molecular formula is C20H28N4O3. The van der Waals surface area contributed by atoms with E-state index in [9.17, 15) is 5.11 Å². The van der Waals surface area contributed by atoms with Gasteiger partial charge in [-0.25, -0.2) is 9.67 Å². The first-order valence-corrected chi connectivity index (χ1v) is 8.85. The standard InChI is InChI=1S/C20H28N4O3/c1-5-6-17(11-23-26)16-7-9-18(10-8-16)27-13-20(25,19(2,3)4)12-24-15-21-14-22-24/h5,7-11,14-15,17,25-26H,1,6,12-13H2,2-4H3. The van der Waals surface area contributed by atoms with Crippen LogP contribution < -0.4 is 4.74 Å². The minimum Gasteiger partial charge on any atom is -0.490 e. The molecule has 0 saturated heterocycles. The van der Waals surface area contributed by atoms with E-state index in [4.69, 9.17) is 9.94 Å². The Morgan fingerprint density at radius 1 is 1.30 bits per heavy atom. The Bertz CT molecular complexity index is 736. The molecule has 7 heteroatoms. The number of benzene rings is 1. The molecule has 7 nitrogen and oxygen atoms in total. The van der Waals surface area contributed by atoms with Crippen LogP contribution in [0.25, 0.3) is 0 Å². The quantitative estimate of drug-likeness (QED) is 0.305. The Morgan fingerprint density at radius 2 is 2.00 bits per heavy atom. The van der Waals surface area contributed by atoms with Crippen molar-refractivity contribution < 1.29 is 15.1 Å². The van der Waals surface area contributed by atoms with Crippen LogP contribution in [0.3, 0.4) is 0 Å². The summed E-state index contributed by atoms with van der Waals surface area (Å²) >= 11 is 0. The highest BCUT2D eigenvalue weighted by atomic mass is 16.5. The molecule has 0 fully saturated rings. The van der Waals surface area contributed by atoms with Crippen molar-refractivity contribution in [2.45, 2.75) is 45.3 Å². The molecule has 0 aliphatic rings. The van der Waals surface area contributed by atoms with Gasteiger partial charge in [-0.3, -0.25) is 0 Å². The Morgan fingerprint density at radius 3 is 2.52 bits per heavy atom. The molecule has 0 spiro atoms. The average Bonchev–Trinajstić information content (AvgIpc) is 3.12. The molecule has 1 aromatic carbocycles. The molecule has 0 saturated carbocycles. The summed E-state index contributed by atoms with van der Waals surface area (Å²) in [5, 5.41) is 27.2. The Labute approximate surface area is 160 Å². The molecule has 0 bridgehead atoms. The molecular weight excluding hydrogens is 344 g/mol. The molecule has 2 aromatic rings. The van der Waals surface area contributed by atoms with Crippen molar-refractivity contribution in [3.8, 4) is 5.75 Å². The summed E-state index contributed by atoms with van der Waals surface area (Å²) in [6.07, 6.45) is 6.95. The second kappa shape index (κ2) is 8.81. The van der Waals surface area contributed by atoms with Gasteiger partial charge in [0.05, 0.1) is 12.8 Å². The third-order valence-electron chi connectivity index (χ3n) is 4.74. The number of allylic oxidation sites excluding steroid dienone is 1. The fourth-order valence-electron chi connectivity index (χ4n) is 2.64. The maximum atomic E-state index is 11.2. The highest BCUT2D eigenvalue weighted by Gasteiger charge is 2.41. The summed E-state index contributed by atoms with van der Waals surface area (Å²) in [6.45, 7) is 10.0. The normalized spacial score (nSPS) is 15.4. The van der Waals surface area contributed by atoms with Crippen LogP contribution in [0.4, 0.5) is 0 Å². The number of ether oxygens (including phenoxy) is 1. The third-order valence-corrected chi connectivity index (χ3v) is 4.74. The van der Waals surface area contributed by atoms with E-state index in [-0.39, 0.29) is 19.1 Å². The van der Waals surface area contributed by atoms with Crippen LogP contribution in [0.15, 0.2) is 54.7 Å². The summed E-state index contributed by atoms with van der Waals surface area (Å²) in [5.74, 6) is 0.610. The van der Waals surface area contributed by atoms with E-state index in [2.05, 4.69) is 21.8 Å². The monoisotopic (exact) mass is 372 g/mol. The van der Waals surface area contributed by atoms with Crippen LogP contribution in [0.5, 0.6) is 5.75 Å². The van der Waals surface area contributed by atoms with Gasteiger partial charge in [0.2, 0.25) is 0 Å². The number of nitrogens with zero attached hydrogens (tertiary/aromatic N) is 4. The minimum absolute atomic E-state index is 0.0413. The first-order chi connectivity index (χ1) is 12.8. The summed E-state index contributed by atoms with van der Waals surface area (Å²) in [6, 6.07) is 7.52. The maximum absolute atomic E-state index is 11.2. The van der Waals surface area contributed by atoms with Crippen molar-refractivity contribution in [1.82, 2.24) is 14.8 Å². The molecule has 2 unspecified atom stereocenters. The van der Waals surface area contributed by atoms with E-state index in [0.29, 0.717) is 12.2 Å². The summed E-state index contributed by atoms with van der Waals surface area (Å²) in [4.78, 5) is 3.93. The SMILES string of the molecule is C=CCC(C=NO)c1ccc(OCC(O)(Cn2cncn2)C(C)(C)C)cc1. The second-order valence-electron chi connectivity index (χ2n) is 7.63. The molecule has 2 N–H and O–H groups in total. The van der Waals surface area contributed by atoms with Gasteiger partial charge in [0.15, 0.2) is 0 Å². The molecule has 0 radical (unpaired) electrons. The topological polar surface area (TPSA) is 92.8 Å². The predicted molar refractivity (Wildman–Crippen MR) is 104 cm³/mol. The largest absolute Gasteiger partial charge is 0.490 e. The number of oxime groups is 1. The summed E-state index contributed by atoms with van der Waals surface area (Å²) < 4.78 is 7.49. The van der Waals surface area contributed by atoms with Crippen molar-refractivity contribution in [3.05, 3.63) is 55.1 Å². The number of rotatable bonds is 9. The van der Waals surface area contributed by atoms with Crippen molar-refractivity contribution in [1.29, 1.82) is 0 Å². The number of hydrogen-bond acceptors (Lipinski definition) is 6. The molecule has 1 heterocycles. The van der Waals surface area contributed by atoms with E-state index in [1.807, 2.05) is 45.0 Å². The zero-order chi connectivity index (χ0) is 19.9. The van der Waals surface area contributed by atoms with Crippen LogP contribution in [0.1, 0.15) is 38.7 Å². The van der Waals surface area contributed by atoms with Gasteiger partial charge >= 0.3 is 0 Å². The highest BCUT2D eigenvalue weighted by Crippen LogP contribution is 2.33. The van der Waals surface area contributed by atoms with Crippen molar-refractivity contribution in [2.75, 3.05) is 6.61 Å². The van der Waals surface area contributed by atoms with Gasteiger partial charge in [0, 0.05) is 5.92 Å². The van der Waals surface area contributed by atoms with Crippen LogP contribution in [0, 0.1) is 5.41 Å². The van der Waals surface area contributed by atoms with Crippen molar-refractivity contribution >= 4 is 6.21 Å². The molecule has 27 heavy (non-hydrogen) atoms. The first-order valence-electron chi connectivity index (χ1n) is 8.85. The van der Waals surface area contributed by atoms with Crippen molar-refractivity contribution in [3.63, 3.8) is 0 Å². The Kier molecular flexibility index (Phi) is 6.74. The average molecular weight is 372 g/mol. The summed E-state index contributed by atoms with van der Waals surface area (Å²) in [7, 11) is 0. The lowest BCUT2D eigenvalue weighted by Gasteiger charge is -2.39. The van der Waals surface area contributed by atoms with Crippen molar-refractivity contribution in [2.24, 2.45) is 10.6 Å². The van der Waals surface area contributed by atoms with E-state index >= 15 is 0 Å². The van der Waals surface area contributed by atoms with Gasteiger partial charge in [-0.15, -0.1) is 11.7 Å². The number of hydrogen-bond donors (Lipinski definition) is 2. The van der Waals surface area contributed by atoms with Gasteiger partial charge in [0.25, 0.3) is 0 Å². The molecule has 146 valence electrons. The number of aromatic nitrogens is 3.